The van der Waals surface area contributed by atoms with Gasteiger partial charge in [0, 0.05) is 12.7 Å². The zero-order chi connectivity index (χ0) is 12.3. The smallest absolute Gasteiger partial charge is 0.313 e. The third kappa shape index (κ3) is 2.68. The van der Waals surface area contributed by atoms with Crippen molar-refractivity contribution in [3.63, 3.8) is 0 Å². The number of carbonyl (C=O) groups excluding carboxylic acids is 1. The van der Waals surface area contributed by atoms with Crippen LogP contribution in [-0.4, -0.2) is 15.3 Å². The SMILES string of the molecule is CC(=O)c1c[nH]c(=O)n(CCC(C)C)c1=O. The molecule has 0 aromatic carbocycles. The molecule has 5 heteroatoms. The Hall–Kier alpha value is -1.65. The molecule has 0 saturated carbocycles. The van der Waals surface area contributed by atoms with E-state index >= 15 is 0 Å². The summed E-state index contributed by atoms with van der Waals surface area (Å²) in [4.78, 5) is 36.7. The van der Waals surface area contributed by atoms with Gasteiger partial charge in [-0.1, -0.05) is 13.8 Å². The summed E-state index contributed by atoms with van der Waals surface area (Å²) >= 11 is 0. The highest BCUT2D eigenvalue weighted by atomic mass is 16.2. The van der Waals surface area contributed by atoms with Crippen LogP contribution in [0.5, 0.6) is 0 Å². The zero-order valence-electron chi connectivity index (χ0n) is 9.74. The number of nitrogens with one attached hydrogen (secondary N) is 1. The number of rotatable bonds is 4. The van der Waals surface area contributed by atoms with E-state index in [0.29, 0.717) is 12.5 Å². The Morgan fingerprint density at radius 1 is 1.44 bits per heavy atom. The molecule has 16 heavy (non-hydrogen) atoms. The van der Waals surface area contributed by atoms with Gasteiger partial charge in [-0.25, -0.2) is 4.79 Å². The van der Waals surface area contributed by atoms with Crippen LogP contribution in [0.15, 0.2) is 15.8 Å². The van der Waals surface area contributed by atoms with Gasteiger partial charge in [-0.15, -0.1) is 0 Å². The first-order chi connectivity index (χ1) is 7.43. The lowest BCUT2D eigenvalue weighted by Crippen LogP contribution is -2.38. The molecule has 0 spiro atoms. The molecule has 0 bridgehead atoms. The summed E-state index contributed by atoms with van der Waals surface area (Å²) in [5.74, 6) is 0.0619. The van der Waals surface area contributed by atoms with Gasteiger partial charge >= 0.3 is 5.69 Å². The van der Waals surface area contributed by atoms with Gasteiger partial charge in [-0.05, 0) is 19.3 Å². The van der Waals surface area contributed by atoms with Crippen molar-refractivity contribution in [2.24, 2.45) is 5.92 Å². The second kappa shape index (κ2) is 4.92. The maximum Gasteiger partial charge on any atom is 0.328 e. The van der Waals surface area contributed by atoms with Gasteiger partial charge in [-0.2, -0.15) is 0 Å². The normalized spacial score (nSPS) is 10.8. The first kappa shape index (κ1) is 12.4. The summed E-state index contributed by atoms with van der Waals surface area (Å²) < 4.78 is 1.08. The lowest BCUT2D eigenvalue weighted by atomic mass is 10.1. The van der Waals surface area contributed by atoms with Crippen LogP contribution in [0.25, 0.3) is 0 Å². The van der Waals surface area contributed by atoms with E-state index in [1.807, 2.05) is 13.8 Å². The molecule has 1 rings (SSSR count). The highest BCUT2D eigenvalue weighted by Crippen LogP contribution is 1.99. The van der Waals surface area contributed by atoms with E-state index in [1.54, 1.807) is 0 Å². The van der Waals surface area contributed by atoms with E-state index in [4.69, 9.17) is 0 Å². The average molecular weight is 224 g/mol. The van der Waals surface area contributed by atoms with Gasteiger partial charge in [0.2, 0.25) is 0 Å². The van der Waals surface area contributed by atoms with E-state index in [-0.39, 0.29) is 11.3 Å². The minimum atomic E-state index is -0.503. The predicted octanol–water partition coefficient (Wildman–Crippen LogP) is 0.785. The Bertz CT molecular complexity index is 497. The van der Waals surface area contributed by atoms with Crippen LogP contribution in [0.2, 0.25) is 0 Å². The Balaban J connectivity index is 3.17. The zero-order valence-corrected chi connectivity index (χ0v) is 9.74. The van der Waals surface area contributed by atoms with Gasteiger partial charge in [0.1, 0.15) is 0 Å². The quantitative estimate of drug-likeness (QED) is 0.768. The van der Waals surface area contributed by atoms with Crippen LogP contribution in [0.4, 0.5) is 0 Å². The highest BCUT2D eigenvalue weighted by molar-refractivity contribution is 5.93. The standard InChI is InChI=1S/C11H16N2O3/c1-7(2)4-5-13-10(15)9(8(3)14)6-12-11(13)16/h6-7H,4-5H2,1-3H3,(H,12,16). The van der Waals surface area contributed by atoms with E-state index in [0.717, 1.165) is 11.0 Å². The molecule has 88 valence electrons. The van der Waals surface area contributed by atoms with Crippen molar-refractivity contribution in [3.05, 3.63) is 32.6 Å². The molecule has 0 atom stereocenters. The summed E-state index contributed by atoms with van der Waals surface area (Å²) in [5.41, 5.74) is -0.934. The molecule has 1 aromatic rings. The molecule has 5 nitrogen and oxygen atoms in total. The molecule has 0 radical (unpaired) electrons. The third-order valence-corrected chi connectivity index (χ3v) is 2.37. The molecule has 1 N–H and O–H groups in total. The van der Waals surface area contributed by atoms with Crippen molar-refractivity contribution in [1.82, 2.24) is 9.55 Å². The fourth-order valence-corrected chi connectivity index (χ4v) is 1.35. The summed E-state index contributed by atoms with van der Waals surface area (Å²) in [5, 5.41) is 0. The number of ketones is 1. The molecule has 0 aliphatic carbocycles. The molecular weight excluding hydrogens is 208 g/mol. The number of carbonyl (C=O) groups is 1. The topological polar surface area (TPSA) is 71.9 Å². The van der Waals surface area contributed by atoms with Crippen molar-refractivity contribution in [1.29, 1.82) is 0 Å². The van der Waals surface area contributed by atoms with Crippen molar-refractivity contribution in [2.45, 2.75) is 33.7 Å². The molecular formula is C11H16N2O3. The number of aromatic amines is 1. The van der Waals surface area contributed by atoms with Crippen LogP contribution in [0, 0.1) is 5.92 Å². The molecule has 0 amide bonds. The van der Waals surface area contributed by atoms with Crippen LogP contribution in [0.1, 0.15) is 37.6 Å². The number of H-pyrrole nitrogens is 1. The van der Waals surface area contributed by atoms with Crippen LogP contribution in [0.3, 0.4) is 0 Å². The summed E-state index contributed by atoms with van der Waals surface area (Å²) in [6.07, 6.45) is 1.91. The van der Waals surface area contributed by atoms with Crippen LogP contribution in [-0.2, 0) is 6.54 Å². The maximum absolute atomic E-state index is 11.8. The van der Waals surface area contributed by atoms with Gasteiger partial charge in [0.25, 0.3) is 5.56 Å². The number of nitrogens with zero attached hydrogens (tertiary/aromatic N) is 1. The van der Waals surface area contributed by atoms with Gasteiger partial charge < -0.3 is 4.98 Å². The summed E-state index contributed by atoms with van der Waals surface area (Å²) in [7, 11) is 0. The van der Waals surface area contributed by atoms with Crippen LogP contribution >= 0.6 is 0 Å². The third-order valence-electron chi connectivity index (χ3n) is 2.37. The Morgan fingerprint density at radius 2 is 2.06 bits per heavy atom. The molecule has 0 aliphatic heterocycles. The number of hydrogen-bond acceptors (Lipinski definition) is 3. The number of hydrogen-bond donors (Lipinski definition) is 1. The van der Waals surface area contributed by atoms with E-state index in [2.05, 4.69) is 4.98 Å². The Labute approximate surface area is 93.1 Å². The Kier molecular flexibility index (Phi) is 3.82. The van der Waals surface area contributed by atoms with Gasteiger partial charge in [0.15, 0.2) is 5.78 Å². The lowest BCUT2D eigenvalue weighted by Gasteiger charge is -2.07. The van der Waals surface area contributed by atoms with Gasteiger partial charge in [-0.3, -0.25) is 14.2 Å². The van der Waals surface area contributed by atoms with Crippen LogP contribution < -0.4 is 11.2 Å². The Morgan fingerprint density at radius 3 is 2.56 bits per heavy atom. The predicted molar refractivity (Wildman–Crippen MR) is 60.8 cm³/mol. The molecule has 0 fully saturated rings. The molecule has 1 aromatic heterocycles. The molecule has 0 unspecified atom stereocenters. The molecule has 0 saturated heterocycles. The second-order valence-electron chi connectivity index (χ2n) is 4.20. The lowest BCUT2D eigenvalue weighted by molar-refractivity contribution is 0.101. The average Bonchev–Trinajstić information content (AvgIpc) is 2.16. The first-order valence-electron chi connectivity index (χ1n) is 5.27. The fraction of sp³-hybridized carbons (Fsp3) is 0.545. The van der Waals surface area contributed by atoms with E-state index < -0.39 is 11.2 Å². The minimum absolute atomic E-state index is 0.0309. The molecule has 0 aliphatic rings. The maximum atomic E-state index is 11.8. The van der Waals surface area contributed by atoms with Crippen molar-refractivity contribution < 1.29 is 4.79 Å². The summed E-state index contributed by atoms with van der Waals surface area (Å²) in [6.45, 7) is 5.66. The molecule has 1 heterocycles. The van der Waals surface area contributed by atoms with Gasteiger partial charge in [0.05, 0.1) is 5.56 Å². The number of Topliss-reactive ketones (excluding diaryl/α,β-unsaturated/α-hetero) is 1. The highest BCUT2D eigenvalue weighted by Gasteiger charge is 2.10. The fourth-order valence-electron chi connectivity index (χ4n) is 1.35. The van der Waals surface area contributed by atoms with Crippen molar-refractivity contribution >= 4 is 5.78 Å². The largest absolute Gasteiger partial charge is 0.328 e. The summed E-state index contributed by atoms with van der Waals surface area (Å²) in [6, 6.07) is 0. The minimum Gasteiger partial charge on any atom is -0.313 e. The second-order valence-corrected chi connectivity index (χ2v) is 4.20. The van der Waals surface area contributed by atoms with Crippen molar-refractivity contribution in [3.8, 4) is 0 Å². The van der Waals surface area contributed by atoms with E-state index in [9.17, 15) is 14.4 Å². The first-order valence-corrected chi connectivity index (χ1v) is 5.27. The van der Waals surface area contributed by atoms with Crippen molar-refractivity contribution in [2.75, 3.05) is 0 Å². The van der Waals surface area contributed by atoms with E-state index in [1.165, 1.54) is 13.1 Å². The number of aromatic nitrogens is 2. The monoisotopic (exact) mass is 224 g/mol.